The van der Waals surface area contributed by atoms with E-state index in [1.165, 1.54) is 29.8 Å². The Bertz CT molecular complexity index is 394. The van der Waals surface area contributed by atoms with Crippen LogP contribution in [0.15, 0.2) is 66.8 Å². The van der Waals surface area contributed by atoms with E-state index in [0.29, 0.717) is 0 Å². The standard InChI is InChI=1S/C7H6.2C5H5.CH3.Zr/c1-7-5-3-2-4-6-7;2*1-2-4-5-3-1;;/h1-6H;2*1-3H,4H2;1H3;/q;3*-1;. The Labute approximate surface area is 132 Å². The zero-order chi connectivity index (χ0) is 12.9. The minimum absolute atomic E-state index is 0. The zero-order valence-electron chi connectivity index (χ0n) is 11.3. The number of hydrogen-bond donors (Lipinski definition) is 0. The van der Waals surface area contributed by atoms with E-state index in [0.717, 1.165) is 12.8 Å². The average Bonchev–Trinajstić information content (AvgIpc) is 3.17. The minimum atomic E-state index is 0. The monoisotopic (exact) mass is 325 g/mol. The summed E-state index contributed by atoms with van der Waals surface area (Å²) in [5.74, 6) is 0. The van der Waals surface area contributed by atoms with Gasteiger partial charge in [0, 0.05) is 0 Å². The van der Waals surface area contributed by atoms with Gasteiger partial charge >= 0.3 is 63.8 Å². The van der Waals surface area contributed by atoms with Gasteiger partial charge in [0.2, 0.25) is 0 Å². The number of rotatable bonds is 1. The van der Waals surface area contributed by atoms with Crippen molar-refractivity contribution in [3.63, 3.8) is 0 Å². The first-order chi connectivity index (χ1) is 8.93. The van der Waals surface area contributed by atoms with Crippen LogP contribution < -0.4 is 0 Å². The van der Waals surface area contributed by atoms with Crippen molar-refractivity contribution in [2.45, 2.75) is 12.8 Å². The van der Waals surface area contributed by atoms with E-state index in [9.17, 15) is 0 Å². The Morgan fingerprint density at radius 1 is 0.895 bits per heavy atom. The zero-order valence-corrected chi connectivity index (χ0v) is 13.8. The van der Waals surface area contributed by atoms with Crippen molar-refractivity contribution in [1.82, 2.24) is 0 Å². The van der Waals surface area contributed by atoms with Gasteiger partial charge in [-0.3, -0.25) is 12.2 Å². The van der Waals surface area contributed by atoms with Gasteiger partial charge in [-0.05, 0) is 0 Å². The Balaban J connectivity index is 0.000000259. The maximum atomic E-state index is 2.99. The molecule has 0 unspecified atom stereocenters. The van der Waals surface area contributed by atoms with Crippen molar-refractivity contribution in [2.24, 2.45) is 0 Å². The summed E-state index contributed by atoms with van der Waals surface area (Å²) in [5.41, 5.74) is 1.32. The fourth-order valence-electron chi connectivity index (χ4n) is 1.23. The molecule has 0 aromatic heterocycles. The normalized spacial score (nSPS) is 12.8. The van der Waals surface area contributed by atoms with Crippen molar-refractivity contribution in [3.05, 3.63) is 91.9 Å². The molecular formula is C18H19Zr-3. The van der Waals surface area contributed by atoms with Crippen molar-refractivity contribution in [1.29, 1.82) is 0 Å². The van der Waals surface area contributed by atoms with Gasteiger partial charge in [0.25, 0.3) is 0 Å². The number of benzene rings is 1. The van der Waals surface area contributed by atoms with Gasteiger partial charge in [-0.1, -0.05) is 0 Å². The second kappa shape index (κ2) is 13.4. The van der Waals surface area contributed by atoms with Crippen molar-refractivity contribution in [2.75, 3.05) is 0 Å². The van der Waals surface area contributed by atoms with E-state index in [2.05, 4.69) is 52.3 Å². The molecular weight excluding hydrogens is 307 g/mol. The van der Waals surface area contributed by atoms with Crippen molar-refractivity contribution < 1.29 is 24.2 Å². The molecule has 0 N–H and O–H groups in total. The topological polar surface area (TPSA) is 0 Å². The molecule has 19 heavy (non-hydrogen) atoms. The van der Waals surface area contributed by atoms with Gasteiger partial charge in [-0.2, -0.15) is 12.2 Å². The molecule has 0 nitrogen and oxygen atoms in total. The summed E-state index contributed by atoms with van der Waals surface area (Å²) in [6.45, 7) is 0. The van der Waals surface area contributed by atoms with E-state index < -0.39 is 0 Å². The molecule has 1 aromatic rings. The Kier molecular flexibility index (Phi) is 12.6. The Morgan fingerprint density at radius 2 is 1.42 bits per heavy atom. The summed E-state index contributed by atoms with van der Waals surface area (Å²) < 4.78 is 2.17. The van der Waals surface area contributed by atoms with Crippen molar-refractivity contribution in [3.8, 4) is 0 Å². The summed E-state index contributed by atoms with van der Waals surface area (Å²) in [7, 11) is 0. The molecule has 3 rings (SSSR count). The fourth-order valence-corrected chi connectivity index (χ4v) is 1.70. The van der Waals surface area contributed by atoms with Crippen LogP contribution in [0.25, 0.3) is 0 Å². The van der Waals surface area contributed by atoms with Gasteiger partial charge in [0.15, 0.2) is 0 Å². The van der Waals surface area contributed by atoms with Crippen LogP contribution in [0, 0.1) is 19.6 Å². The summed E-state index contributed by atoms with van der Waals surface area (Å²) in [6.07, 6.45) is 20.0. The molecule has 0 spiro atoms. The quantitative estimate of drug-likeness (QED) is 0.669. The molecule has 1 aromatic carbocycles. The summed E-state index contributed by atoms with van der Waals surface area (Å²) in [5, 5.41) is 0. The van der Waals surface area contributed by atoms with E-state index in [-0.39, 0.29) is 7.43 Å². The molecule has 0 heterocycles. The molecule has 0 saturated carbocycles. The van der Waals surface area contributed by atoms with Gasteiger partial charge in [0.05, 0.1) is 0 Å². The predicted molar refractivity (Wildman–Crippen MR) is 81.2 cm³/mol. The van der Waals surface area contributed by atoms with Crippen LogP contribution in [0.1, 0.15) is 18.4 Å². The van der Waals surface area contributed by atoms with Gasteiger partial charge in [-0.25, -0.2) is 24.3 Å². The second-order valence-corrected chi connectivity index (χ2v) is 4.27. The molecule has 1 heteroatoms. The first-order valence-electron chi connectivity index (χ1n) is 5.92. The van der Waals surface area contributed by atoms with Crippen LogP contribution in [0.2, 0.25) is 0 Å². The van der Waals surface area contributed by atoms with E-state index in [1.807, 2.05) is 30.4 Å². The molecule has 0 saturated heterocycles. The van der Waals surface area contributed by atoms with Crippen LogP contribution in [0.4, 0.5) is 0 Å². The first-order valence-corrected chi connectivity index (χ1v) is 7.34. The molecule has 0 fully saturated rings. The third-order valence-electron chi connectivity index (χ3n) is 2.14. The molecule has 0 radical (unpaired) electrons. The molecule has 2 aliphatic carbocycles. The molecule has 0 bridgehead atoms. The molecule has 0 atom stereocenters. The molecule has 98 valence electrons. The average molecular weight is 327 g/mol. The van der Waals surface area contributed by atoms with Crippen LogP contribution >= 0.6 is 0 Å². The van der Waals surface area contributed by atoms with Crippen LogP contribution in [0.5, 0.6) is 0 Å². The third-order valence-corrected chi connectivity index (χ3v) is 2.96. The second-order valence-electron chi connectivity index (χ2n) is 3.56. The maximum absolute atomic E-state index is 2.99. The molecule has 0 amide bonds. The van der Waals surface area contributed by atoms with E-state index >= 15 is 0 Å². The fraction of sp³-hybridized carbons (Fsp3) is 0.111. The van der Waals surface area contributed by atoms with Crippen LogP contribution in [-0.4, -0.2) is 3.71 Å². The summed E-state index contributed by atoms with van der Waals surface area (Å²) in [6, 6.07) is 10.3. The first kappa shape index (κ1) is 17.9. The SMILES string of the molecule is [C-]1=CC=CC1.[C-]1=CC=CC1.[CH3-].[Zr]=[CH]c1ccccc1. The third kappa shape index (κ3) is 10.5. The number of allylic oxidation sites excluding steroid dienone is 8. The van der Waals surface area contributed by atoms with Crippen LogP contribution in [0.3, 0.4) is 0 Å². The summed E-state index contributed by atoms with van der Waals surface area (Å²) in [4.78, 5) is 0. The van der Waals surface area contributed by atoms with Gasteiger partial charge in [-0.15, -0.1) is 12.8 Å². The Hall–Kier alpha value is -1.07. The van der Waals surface area contributed by atoms with E-state index in [4.69, 9.17) is 0 Å². The van der Waals surface area contributed by atoms with E-state index in [1.54, 1.807) is 0 Å². The van der Waals surface area contributed by atoms with Crippen LogP contribution in [-0.2, 0) is 24.2 Å². The Morgan fingerprint density at radius 3 is 1.63 bits per heavy atom. The summed E-state index contributed by atoms with van der Waals surface area (Å²) >= 11 is 1.46. The predicted octanol–water partition coefficient (Wildman–Crippen LogP) is 4.45. The molecule has 0 aliphatic heterocycles. The van der Waals surface area contributed by atoms with Crippen molar-refractivity contribution >= 4 is 3.71 Å². The van der Waals surface area contributed by atoms with Gasteiger partial charge in [0.1, 0.15) is 0 Å². The number of hydrogen-bond acceptors (Lipinski definition) is 0. The molecule has 2 aliphatic rings. The van der Waals surface area contributed by atoms with Gasteiger partial charge < -0.3 is 7.43 Å².